The van der Waals surface area contributed by atoms with Crippen molar-refractivity contribution in [1.29, 1.82) is 0 Å². The number of anilines is 1. The summed E-state index contributed by atoms with van der Waals surface area (Å²) in [5.74, 6) is 1.04. The Morgan fingerprint density at radius 1 is 1.19 bits per heavy atom. The molecule has 138 valence electrons. The Morgan fingerprint density at radius 3 is 2.70 bits per heavy atom. The first kappa shape index (κ1) is 17.3. The molecule has 4 rings (SSSR count). The Morgan fingerprint density at radius 2 is 1.96 bits per heavy atom. The van der Waals surface area contributed by atoms with Crippen molar-refractivity contribution in [3.63, 3.8) is 0 Å². The summed E-state index contributed by atoms with van der Waals surface area (Å²) in [7, 11) is 0. The predicted octanol–water partition coefficient (Wildman–Crippen LogP) is 4.67. The molecular weight excluding hydrogens is 340 g/mol. The van der Waals surface area contributed by atoms with Crippen LogP contribution in [-0.4, -0.2) is 27.6 Å². The van der Waals surface area contributed by atoms with E-state index in [2.05, 4.69) is 22.4 Å². The number of benzene rings is 2. The van der Waals surface area contributed by atoms with Gasteiger partial charge in [-0.2, -0.15) is 4.98 Å². The number of nitrogens with zero attached hydrogens (tertiary/aromatic N) is 3. The number of aromatic nitrogens is 2. The van der Waals surface area contributed by atoms with Crippen LogP contribution in [0.3, 0.4) is 0 Å². The minimum Gasteiger partial charge on any atom is -0.337 e. The molecule has 0 bridgehead atoms. The largest absolute Gasteiger partial charge is 0.337 e. The molecule has 1 aromatic heterocycles. The molecule has 0 aliphatic carbocycles. The van der Waals surface area contributed by atoms with Crippen LogP contribution in [0.15, 0.2) is 59.1 Å². The van der Waals surface area contributed by atoms with Gasteiger partial charge in [-0.1, -0.05) is 54.5 Å². The van der Waals surface area contributed by atoms with Gasteiger partial charge in [0.2, 0.25) is 11.7 Å². The molecule has 0 saturated carbocycles. The number of carbonyl (C=O) groups is 1. The molecule has 2 amide bonds. The molecule has 2 heterocycles. The third kappa shape index (κ3) is 3.69. The molecule has 1 saturated heterocycles. The normalized spacial score (nSPS) is 16.5. The number of hydrogen-bond acceptors (Lipinski definition) is 4. The highest BCUT2D eigenvalue weighted by molar-refractivity contribution is 5.89. The van der Waals surface area contributed by atoms with Crippen molar-refractivity contribution in [2.24, 2.45) is 0 Å². The first-order chi connectivity index (χ1) is 13.2. The average Bonchev–Trinajstić information content (AvgIpc) is 3.38. The third-order valence-corrected chi connectivity index (χ3v) is 4.89. The Labute approximate surface area is 158 Å². The van der Waals surface area contributed by atoms with Gasteiger partial charge in [-0.25, -0.2) is 4.79 Å². The first-order valence-corrected chi connectivity index (χ1v) is 9.30. The van der Waals surface area contributed by atoms with Crippen LogP contribution in [-0.2, 0) is 6.42 Å². The van der Waals surface area contributed by atoms with Crippen molar-refractivity contribution < 1.29 is 9.32 Å². The lowest BCUT2D eigenvalue weighted by molar-refractivity contribution is 0.193. The number of urea groups is 1. The van der Waals surface area contributed by atoms with Crippen LogP contribution in [0.5, 0.6) is 0 Å². The van der Waals surface area contributed by atoms with E-state index >= 15 is 0 Å². The molecule has 1 aliphatic rings. The number of nitrogens with one attached hydrogen (secondary N) is 1. The lowest BCUT2D eigenvalue weighted by Gasteiger charge is -2.22. The maximum absolute atomic E-state index is 12.8. The fourth-order valence-corrected chi connectivity index (χ4v) is 3.36. The lowest BCUT2D eigenvalue weighted by atomic mass is 10.1. The number of carbonyl (C=O) groups excluding carboxylic acids is 1. The highest BCUT2D eigenvalue weighted by Crippen LogP contribution is 2.32. The first-order valence-electron chi connectivity index (χ1n) is 9.30. The average molecular weight is 362 g/mol. The van der Waals surface area contributed by atoms with Gasteiger partial charge in [0.05, 0.1) is 0 Å². The molecular formula is C21H22N4O2. The zero-order chi connectivity index (χ0) is 18.6. The quantitative estimate of drug-likeness (QED) is 0.732. The zero-order valence-corrected chi connectivity index (χ0v) is 15.3. The maximum Gasteiger partial charge on any atom is 0.322 e. The lowest BCUT2D eigenvalue weighted by Crippen LogP contribution is -2.34. The van der Waals surface area contributed by atoms with Crippen molar-refractivity contribution in [3.8, 4) is 11.4 Å². The van der Waals surface area contributed by atoms with E-state index in [-0.39, 0.29) is 12.1 Å². The maximum atomic E-state index is 12.8. The van der Waals surface area contributed by atoms with Crippen molar-refractivity contribution in [1.82, 2.24) is 15.0 Å². The fourth-order valence-electron chi connectivity index (χ4n) is 3.36. The molecule has 1 fully saturated rings. The molecule has 0 spiro atoms. The van der Waals surface area contributed by atoms with E-state index in [1.54, 1.807) is 4.90 Å². The minimum atomic E-state index is -0.190. The Hall–Kier alpha value is -3.15. The zero-order valence-electron chi connectivity index (χ0n) is 15.3. The Bertz CT molecular complexity index is 905. The third-order valence-electron chi connectivity index (χ3n) is 4.89. The van der Waals surface area contributed by atoms with Gasteiger partial charge in [0, 0.05) is 17.8 Å². The van der Waals surface area contributed by atoms with Gasteiger partial charge in [-0.05, 0) is 37.0 Å². The van der Waals surface area contributed by atoms with E-state index in [4.69, 9.17) is 4.52 Å². The second-order valence-electron chi connectivity index (χ2n) is 6.65. The van der Waals surface area contributed by atoms with Crippen molar-refractivity contribution >= 4 is 11.7 Å². The topological polar surface area (TPSA) is 71.3 Å². The van der Waals surface area contributed by atoms with Crippen LogP contribution in [0.25, 0.3) is 11.4 Å². The highest BCUT2D eigenvalue weighted by atomic mass is 16.5. The number of amides is 2. The highest BCUT2D eigenvalue weighted by Gasteiger charge is 2.34. The van der Waals surface area contributed by atoms with E-state index in [9.17, 15) is 4.79 Å². The van der Waals surface area contributed by atoms with Gasteiger partial charge in [-0.3, -0.25) is 0 Å². The number of hydrogen-bond donors (Lipinski definition) is 1. The van der Waals surface area contributed by atoms with Crippen molar-refractivity contribution in [3.05, 3.63) is 66.1 Å². The van der Waals surface area contributed by atoms with Gasteiger partial charge in [0.1, 0.15) is 6.04 Å². The summed E-state index contributed by atoms with van der Waals surface area (Å²) in [6.45, 7) is 2.78. The van der Waals surface area contributed by atoms with Crippen LogP contribution in [0, 0.1) is 0 Å². The smallest absolute Gasteiger partial charge is 0.322 e. The summed E-state index contributed by atoms with van der Waals surface area (Å²) in [5.41, 5.74) is 2.93. The minimum absolute atomic E-state index is 0.138. The number of rotatable bonds is 4. The summed E-state index contributed by atoms with van der Waals surface area (Å²) in [6.07, 6.45) is 2.71. The van der Waals surface area contributed by atoms with E-state index in [0.717, 1.165) is 30.5 Å². The van der Waals surface area contributed by atoms with Crippen LogP contribution in [0.2, 0.25) is 0 Å². The van der Waals surface area contributed by atoms with Crippen LogP contribution in [0.1, 0.15) is 37.3 Å². The molecule has 27 heavy (non-hydrogen) atoms. The molecule has 1 N–H and O–H groups in total. The van der Waals surface area contributed by atoms with Gasteiger partial charge in [-0.15, -0.1) is 0 Å². The molecule has 6 nitrogen and oxygen atoms in total. The molecule has 3 aromatic rings. The van der Waals surface area contributed by atoms with Crippen molar-refractivity contribution in [2.75, 3.05) is 11.9 Å². The van der Waals surface area contributed by atoms with Gasteiger partial charge in [0.15, 0.2) is 0 Å². The molecule has 1 atom stereocenters. The summed E-state index contributed by atoms with van der Waals surface area (Å²) in [4.78, 5) is 19.1. The van der Waals surface area contributed by atoms with E-state index in [0.29, 0.717) is 18.3 Å². The predicted molar refractivity (Wildman–Crippen MR) is 103 cm³/mol. The van der Waals surface area contributed by atoms with Gasteiger partial charge in [0.25, 0.3) is 0 Å². The van der Waals surface area contributed by atoms with Crippen LogP contribution < -0.4 is 5.32 Å². The second-order valence-corrected chi connectivity index (χ2v) is 6.65. The molecule has 2 aromatic carbocycles. The SMILES string of the molecule is CCc1ccc(NC(=O)N2CCC[C@H]2c2nc(-c3ccccc3)no2)cc1. The monoisotopic (exact) mass is 362 g/mol. The van der Waals surface area contributed by atoms with Gasteiger partial charge >= 0.3 is 6.03 Å². The number of likely N-dealkylation sites (tertiary alicyclic amines) is 1. The summed E-state index contributed by atoms with van der Waals surface area (Å²) in [5, 5.41) is 7.05. The fraction of sp³-hybridized carbons (Fsp3) is 0.286. The van der Waals surface area contributed by atoms with Crippen molar-refractivity contribution in [2.45, 2.75) is 32.2 Å². The van der Waals surface area contributed by atoms with E-state index in [1.807, 2.05) is 54.6 Å². The summed E-state index contributed by atoms with van der Waals surface area (Å²) < 4.78 is 5.48. The second kappa shape index (κ2) is 7.61. The Balaban J connectivity index is 1.48. The Kier molecular flexibility index (Phi) is 4.87. The molecule has 1 aliphatic heterocycles. The van der Waals surface area contributed by atoms with Gasteiger partial charge < -0.3 is 14.7 Å². The van der Waals surface area contributed by atoms with E-state index in [1.165, 1.54) is 5.56 Å². The summed E-state index contributed by atoms with van der Waals surface area (Å²) >= 11 is 0. The standard InChI is InChI=1S/C21H22N4O2/c1-2-15-10-12-17(13-11-15)22-21(26)25-14-6-9-18(25)20-23-19(24-27-20)16-7-4-3-5-8-16/h3-5,7-8,10-13,18H,2,6,9,14H2,1H3,(H,22,26)/t18-/m0/s1. The van der Waals surface area contributed by atoms with Crippen LogP contribution >= 0.6 is 0 Å². The molecule has 0 unspecified atom stereocenters. The molecule has 0 radical (unpaired) electrons. The van der Waals surface area contributed by atoms with E-state index < -0.39 is 0 Å². The summed E-state index contributed by atoms with van der Waals surface area (Å²) in [6, 6.07) is 17.3. The van der Waals surface area contributed by atoms with Crippen LogP contribution in [0.4, 0.5) is 10.5 Å². The molecule has 6 heteroatoms. The number of aryl methyl sites for hydroxylation is 1.